The Morgan fingerprint density at radius 2 is 1.86 bits per heavy atom. The van der Waals surface area contributed by atoms with Crippen molar-refractivity contribution in [1.82, 2.24) is 10.6 Å². The average Bonchev–Trinajstić information content (AvgIpc) is 2.94. The van der Waals surface area contributed by atoms with Gasteiger partial charge in [0.05, 0.1) is 0 Å². The van der Waals surface area contributed by atoms with Crippen LogP contribution >= 0.6 is 0 Å². The molecule has 21 heavy (non-hydrogen) atoms. The molecule has 0 spiro atoms. The highest BCUT2D eigenvalue weighted by atomic mass is 19.1. The Kier molecular flexibility index (Phi) is 5.21. The van der Waals surface area contributed by atoms with Gasteiger partial charge in [0.2, 0.25) is 0 Å². The second-order valence-corrected chi connectivity index (χ2v) is 6.22. The molecule has 1 aliphatic carbocycles. The fourth-order valence-electron chi connectivity index (χ4n) is 3.14. The van der Waals surface area contributed by atoms with E-state index < -0.39 is 0 Å². The predicted molar refractivity (Wildman–Crippen MR) is 86.2 cm³/mol. The van der Waals surface area contributed by atoms with Gasteiger partial charge < -0.3 is 10.6 Å². The minimum Gasteiger partial charge on any atom is -0.356 e. The van der Waals surface area contributed by atoms with E-state index in [0.717, 1.165) is 25.3 Å². The van der Waals surface area contributed by atoms with E-state index >= 15 is 0 Å². The van der Waals surface area contributed by atoms with E-state index in [4.69, 9.17) is 0 Å². The first-order valence-electron chi connectivity index (χ1n) is 7.79. The first-order valence-corrected chi connectivity index (χ1v) is 7.79. The van der Waals surface area contributed by atoms with Gasteiger partial charge in [-0.25, -0.2) is 4.39 Å². The lowest BCUT2D eigenvalue weighted by molar-refractivity contribution is 0.430. The Balaban J connectivity index is 2.10. The number of aliphatic imine (C=N–C) groups is 1. The summed E-state index contributed by atoms with van der Waals surface area (Å²) >= 11 is 0. The van der Waals surface area contributed by atoms with Gasteiger partial charge in [-0.1, -0.05) is 25.0 Å². The van der Waals surface area contributed by atoms with Gasteiger partial charge in [0.25, 0.3) is 0 Å². The van der Waals surface area contributed by atoms with Gasteiger partial charge in [0, 0.05) is 25.0 Å². The third-order valence-corrected chi connectivity index (χ3v) is 4.26. The summed E-state index contributed by atoms with van der Waals surface area (Å²) in [6.07, 6.45) is 4.75. The molecule has 1 aromatic carbocycles. The van der Waals surface area contributed by atoms with Crippen molar-refractivity contribution in [2.24, 2.45) is 4.99 Å². The van der Waals surface area contributed by atoms with Gasteiger partial charge in [0.15, 0.2) is 5.96 Å². The molecule has 1 aromatic rings. The zero-order valence-electron chi connectivity index (χ0n) is 13.2. The third kappa shape index (κ3) is 3.96. The number of hydrogen-bond acceptors (Lipinski definition) is 1. The molecule has 0 bridgehead atoms. The molecule has 0 atom stereocenters. The lowest BCUT2D eigenvalue weighted by atomic mass is 9.79. The summed E-state index contributed by atoms with van der Waals surface area (Å²) in [5, 5.41) is 6.75. The molecule has 4 heteroatoms. The molecule has 0 aliphatic heterocycles. The van der Waals surface area contributed by atoms with E-state index in [9.17, 15) is 4.39 Å². The van der Waals surface area contributed by atoms with E-state index in [2.05, 4.69) is 29.5 Å². The van der Waals surface area contributed by atoms with E-state index in [1.54, 1.807) is 19.2 Å². The molecular formula is C17H26FN3. The highest BCUT2D eigenvalue weighted by Gasteiger charge is 2.35. The summed E-state index contributed by atoms with van der Waals surface area (Å²) in [6, 6.07) is 7.34. The van der Waals surface area contributed by atoms with Crippen molar-refractivity contribution in [2.75, 3.05) is 13.6 Å². The summed E-state index contributed by atoms with van der Waals surface area (Å²) in [6.45, 7) is 5.03. The summed E-state index contributed by atoms with van der Waals surface area (Å²) in [5.74, 6) is 0.663. The second-order valence-electron chi connectivity index (χ2n) is 6.22. The van der Waals surface area contributed by atoms with Crippen LogP contribution in [0.25, 0.3) is 0 Å². The normalized spacial score (nSPS) is 18.0. The number of benzene rings is 1. The monoisotopic (exact) mass is 291 g/mol. The summed E-state index contributed by atoms with van der Waals surface area (Å²) in [7, 11) is 1.79. The molecule has 0 saturated heterocycles. The van der Waals surface area contributed by atoms with Gasteiger partial charge in [-0.2, -0.15) is 0 Å². The SMILES string of the molecule is CN=C(NCC1(c2ccc(F)cc2)CCCC1)NC(C)C. The Morgan fingerprint density at radius 1 is 1.24 bits per heavy atom. The van der Waals surface area contributed by atoms with Crippen LogP contribution in [0.5, 0.6) is 0 Å². The highest BCUT2D eigenvalue weighted by molar-refractivity contribution is 5.80. The molecule has 1 aliphatic rings. The zero-order chi connectivity index (χ0) is 15.3. The predicted octanol–water partition coefficient (Wildman–Crippen LogP) is 3.21. The number of rotatable bonds is 4. The van der Waals surface area contributed by atoms with Gasteiger partial charge in [-0.15, -0.1) is 0 Å². The minimum absolute atomic E-state index is 0.0995. The number of nitrogens with one attached hydrogen (secondary N) is 2. The molecule has 1 fully saturated rings. The number of guanidine groups is 1. The molecule has 0 radical (unpaired) electrons. The Morgan fingerprint density at radius 3 is 2.38 bits per heavy atom. The van der Waals surface area contributed by atoms with Crippen LogP contribution in [-0.2, 0) is 5.41 Å². The van der Waals surface area contributed by atoms with Crippen LogP contribution in [0.2, 0.25) is 0 Å². The Bertz CT molecular complexity index is 473. The first kappa shape index (κ1) is 15.8. The average molecular weight is 291 g/mol. The standard InChI is InChI=1S/C17H26FN3/c1-13(2)21-16(19-3)20-12-17(10-4-5-11-17)14-6-8-15(18)9-7-14/h6-9,13H,4-5,10-12H2,1-3H3,(H2,19,20,21). The van der Waals surface area contributed by atoms with Crippen molar-refractivity contribution in [1.29, 1.82) is 0 Å². The smallest absolute Gasteiger partial charge is 0.191 e. The molecule has 0 aromatic heterocycles. The van der Waals surface area contributed by atoms with Crippen molar-refractivity contribution >= 4 is 5.96 Å². The summed E-state index contributed by atoms with van der Waals surface area (Å²) < 4.78 is 13.2. The van der Waals surface area contributed by atoms with Crippen LogP contribution in [-0.4, -0.2) is 25.6 Å². The maximum absolute atomic E-state index is 13.2. The second kappa shape index (κ2) is 6.92. The van der Waals surface area contributed by atoms with Crippen molar-refractivity contribution in [3.05, 3.63) is 35.6 Å². The first-order chi connectivity index (χ1) is 10.1. The van der Waals surface area contributed by atoms with Gasteiger partial charge in [-0.05, 0) is 44.4 Å². The quantitative estimate of drug-likeness (QED) is 0.660. The summed E-state index contributed by atoms with van der Waals surface area (Å²) in [5.41, 5.74) is 1.33. The lowest BCUT2D eigenvalue weighted by Gasteiger charge is -2.31. The van der Waals surface area contributed by atoms with E-state index in [1.807, 2.05) is 12.1 Å². The van der Waals surface area contributed by atoms with Crippen molar-refractivity contribution in [3.8, 4) is 0 Å². The highest BCUT2D eigenvalue weighted by Crippen LogP contribution is 2.40. The molecular weight excluding hydrogens is 265 g/mol. The maximum atomic E-state index is 13.2. The molecule has 0 heterocycles. The zero-order valence-corrected chi connectivity index (χ0v) is 13.2. The van der Waals surface area contributed by atoms with E-state index in [1.165, 1.54) is 18.4 Å². The fraction of sp³-hybridized carbons (Fsp3) is 0.588. The van der Waals surface area contributed by atoms with Crippen LogP contribution in [0, 0.1) is 5.82 Å². The fourth-order valence-corrected chi connectivity index (χ4v) is 3.14. The van der Waals surface area contributed by atoms with E-state index in [0.29, 0.717) is 6.04 Å². The van der Waals surface area contributed by atoms with Crippen LogP contribution in [0.3, 0.4) is 0 Å². The third-order valence-electron chi connectivity index (χ3n) is 4.26. The molecule has 2 rings (SSSR count). The molecule has 116 valence electrons. The maximum Gasteiger partial charge on any atom is 0.191 e. The lowest BCUT2D eigenvalue weighted by Crippen LogP contribution is -2.46. The molecule has 2 N–H and O–H groups in total. The topological polar surface area (TPSA) is 36.4 Å². The Labute approximate surface area is 127 Å². The van der Waals surface area contributed by atoms with Gasteiger partial charge >= 0.3 is 0 Å². The van der Waals surface area contributed by atoms with Crippen LogP contribution in [0.4, 0.5) is 4.39 Å². The van der Waals surface area contributed by atoms with Crippen LogP contribution in [0.15, 0.2) is 29.3 Å². The van der Waals surface area contributed by atoms with Gasteiger partial charge in [0.1, 0.15) is 5.82 Å². The van der Waals surface area contributed by atoms with Crippen LogP contribution < -0.4 is 10.6 Å². The summed E-state index contributed by atoms with van der Waals surface area (Å²) in [4.78, 5) is 4.26. The molecule has 3 nitrogen and oxygen atoms in total. The largest absolute Gasteiger partial charge is 0.356 e. The van der Waals surface area contributed by atoms with Crippen molar-refractivity contribution < 1.29 is 4.39 Å². The van der Waals surface area contributed by atoms with Crippen molar-refractivity contribution in [2.45, 2.75) is 51.0 Å². The number of hydrogen-bond donors (Lipinski definition) is 2. The van der Waals surface area contributed by atoms with Gasteiger partial charge in [-0.3, -0.25) is 4.99 Å². The molecule has 1 saturated carbocycles. The molecule has 0 unspecified atom stereocenters. The minimum atomic E-state index is -0.169. The Hall–Kier alpha value is -1.58. The van der Waals surface area contributed by atoms with Crippen LogP contribution in [0.1, 0.15) is 45.1 Å². The molecule has 0 amide bonds. The number of nitrogens with zero attached hydrogens (tertiary/aromatic N) is 1. The van der Waals surface area contributed by atoms with Crippen molar-refractivity contribution in [3.63, 3.8) is 0 Å². The number of halogens is 1. The van der Waals surface area contributed by atoms with E-state index in [-0.39, 0.29) is 11.2 Å².